The fourth-order valence-corrected chi connectivity index (χ4v) is 3.46. The fourth-order valence-electron chi connectivity index (χ4n) is 3.21. The second kappa shape index (κ2) is 9.03. The molecule has 0 spiro atoms. The van der Waals surface area contributed by atoms with E-state index in [4.69, 9.17) is 21.1 Å². The monoisotopic (exact) mass is 448 g/mol. The van der Waals surface area contributed by atoms with Gasteiger partial charge in [-0.05, 0) is 36.4 Å². The van der Waals surface area contributed by atoms with Crippen LogP contribution in [0.25, 0.3) is 16.5 Å². The van der Waals surface area contributed by atoms with Gasteiger partial charge < -0.3 is 9.47 Å². The van der Waals surface area contributed by atoms with E-state index < -0.39 is 18.4 Å². The van der Waals surface area contributed by atoms with Crippen LogP contribution in [0.4, 0.5) is 0 Å². The first-order chi connectivity index (χ1) is 15.5. The molecule has 0 aliphatic rings. The van der Waals surface area contributed by atoms with E-state index >= 15 is 0 Å². The van der Waals surface area contributed by atoms with Crippen LogP contribution in [0.2, 0.25) is 5.02 Å². The molecule has 8 heteroatoms. The summed E-state index contributed by atoms with van der Waals surface area (Å²) >= 11 is 6.06. The second-order valence-corrected chi connectivity index (χ2v) is 7.20. The smallest absolute Gasteiger partial charge is 0.359 e. The average Bonchev–Trinajstić information content (AvgIpc) is 2.83. The maximum Gasteiger partial charge on any atom is 0.359 e. The lowest BCUT2D eigenvalue weighted by atomic mass is 10.1. The molecule has 4 aromatic rings. The number of para-hydroxylation sites is 1. The summed E-state index contributed by atoms with van der Waals surface area (Å²) in [4.78, 5) is 38.3. The Labute approximate surface area is 187 Å². The predicted octanol–water partition coefficient (Wildman–Crippen LogP) is 4.09. The summed E-state index contributed by atoms with van der Waals surface area (Å²) in [5.74, 6) is -0.832. The zero-order chi connectivity index (χ0) is 22.7. The number of ether oxygens (including phenoxy) is 2. The van der Waals surface area contributed by atoms with Gasteiger partial charge in [0.25, 0.3) is 5.56 Å². The van der Waals surface area contributed by atoms with Crippen LogP contribution in [0.3, 0.4) is 0 Å². The molecule has 1 heterocycles. The van der Waals surface area contributed by atoms with Gasteiger partial charge in [0.1, 0.15) is 5.75 Å². The van der Waals surface area contributed by atoms with Crippen molar-refractivity contribution in [1.29, 1.82) is 0 Å². The van der Waals surface area contributed by atoms with E-state index in [0.29, 0.717) is 22.2 Å². The second-order valence-electron chi connectivity index (χ2n) is 6.80. The molecule has 0 amide bonds. The highest BCUT2D eigenvalue weighted by atomic mass is 35.5. The lowest BCUT2D eigenvalue weighted by Crippen LogP contribution is -2.25. The number of nitrogens with zero attached hydrogens (tertiary/aromatic N) is 2. The number of fused-ring (bicyclic) bond motifs is 1. The molecule has 0 bridgehead atoms. The minimum Gasteiger partial charge on any atom is -0.495 e. The molecule has 32 heavy (non-hydrogen) atoms. The van der Waals surface area contributed by atoms with Gasteiger partial charge in [0.15, 0.2) is 18.1 Å². The lowest BCUT2D eigenvalue weighted by Gasteiger charge is -2.11. The van der Waals surface area contributed by atoms with Crippen molar-refractivity contribution < 1.29 is 19.1 Å². The summed E-state index contributed by atoms with van der Waals surface area (Å²) < 4.78 is 11.5. The van der Waals surface area contributed by atoms with Gasteiger partial charge in [-0.2, -0.15) is 9.78 Å². The highest BCUT2D eigenvalue weighted by Crippen LogP contribution is 2.25. The van der Waals surface area contributed by atoms with Crippen LogP contribution in [0.5, 0.6) is 5.75 Å². The van der Waals surface area contributed by atoms with Crippen LogP contribution in [-0.2, 0) is 4.74 Å². The van der Waals surface area contributed by atoms with Crippen molar-refractivity contribution >= 4 is 34.1 Å². The number of Topliss-reactive ketones (excluding diaryl/α,β-unsaturated/α-hetero) is 1. The molecule has 1 aromatic heterocycles. The van der Waals surface area contributed by atoms with Crippen molar-refractivity contribution in [3.63, 3.8) is 0 Å². The largest absolute Gasteiger partial charge is 0.495 e. The molecule has 0 atom stereocenters. The zero-order valence-electron chi connectivity index (χ0n) is 16.9. The van der Waals surface area contributed by atoms with Crippen molar-refractivity contribution in [2.24, 2.45) is 0 Å². The molecular formula is C24H17ClN2O5. The summed E-state index contributed by atoms with van der Waals surface area (Å²) in [6, 6.07) is 19.9. The van der Waals surface area contributed by atoms with Gasteiger partial charge in [-0.1, -0.05) is 48.0 Å². The van der Waals surface area contributed by atoms with E-state index in [1.165, 1.54) is 19.2 Å². The van der Waals surface area contributed by atoms with E-state index in [9.17, 15) is 14.4 Å². The molecule has 4 rings (SSSR count). The van der Waals surface area contributed by atoms with Gasteiger partial charge in [-0.15, -0.1) is 0 Å². The number of hydrogen-bond donors (Lipinski definition) is 0. The van der Waals surface area contributed by atoms with Gasteiger partial charge in [0, 0.05) is 10.9 Å². The van der Waals surface area contributed by atoms with Gasteiger partial charge >= 0.3 is 5.97 Å². The Morgan fingerprint density at radius 1 is 0.969 bits per heavy atom. The fraction of sp³-hybridized carbons (Fsp3) is 0.0833. The van der Waals surface area contributed by atoms with Crippen LogP contribution in [0.15, 0.2) is 77.6 Å². The first kappa shape index (κ1) is 21.3. The van der Waals surface area contributed by atoms with Crippen molar-refractivity contribution in [3.05, 3.63) is 99.4 Å². The molecule has 0 saturated heterocycles. The number of carbonyl (C=O) groups is 2. The Morgan fingerprint density at radius 2 is 1.66 bits per heavy atom. The standard InChI is InChI=1S/C24H17ClN2O5/c1-31-21-12-11-15(13-19(21)25)20(28)14-32-24(30)22-17-9-5-6-10-18(17)23(29)27(26-22)16-7-3-2-4-8-16/h2-13H,14H2,1H3. The van der Waals surface area contributed by atoms with Crippen molar-refractivity contribution in [2.45, 2.75) is 0 Å². The van der Waals surface area contributed by atoms with Gasteiger partial charge in [0.2, 0.25) is 0 Å². The Hall–Kier alpha value is -3.97. The van der Waals surface area contributed by atoms with Gasteiger partial charge in [0.05, 0.1) is 23.2 Å². The minimum atomic E-state index is -0.821. The number of hydrogen-bond acceptors (Lipinski definition) is 6. The third-order valence-corrected chi connectivity index (χ3v) is 5.10. The molecule has 0 radical (unpaired) electrons. The molecule has 0 N–H and O–H groups in total. The number of halogens is 1. The molecule has 0 aliphatic heterocycles. The summed E-state index contributed by atoms with van der Waals surface area (Å²) in [6.07, 6.45) is 0. The molecule has 0 unspecified atom stereocenters. The number of ketones is 1. The van der Waals surface area contributed by atoms with E-state index in [-0.39, 0.29) is 21.8 Å². The van der Waals surface area contributed by atoms with E-state index in [0.717, 1.165) is 4.68 Å². The number of carbonyl (C=O) groups excluding carboxylic acids is 2. The van der Waals surface area contributed by atoms with Crippen LogP contribution < -0.4 is 10.3 Å². The lowest BCUT2D eigenvalue weighted by molar-refractivity contribution is 0.0469. The van der Waals surface area contributed by atoms with Gasteiger partial charge in [-0.25, -0.2) is 4.79 Å². The summed E-state index contributed by atoms with van der Waals surface area (Å²) in [6.45, 7) is -0.512. The third-order valence-electron chi connectivity index (χ3n) is 4.81. The Bertz CT molecular complexity index is 1380. The maximum absolute atomic E-state index is 12.9. The zero-order valence-corrected chi connectivity index (χ0v) is 17.7. The SMILES string of the molecule is COc1ccc(C(=O)COC(=O)c2nn(-c3ccccc3)c(=O)c3ccccc23)cc1Cl. The van der Waals surface area contributed by atoms with E-state index in [1.807, 2.05) is 6.07 Å². The molecular weight excluding hydrogens is 432 g/mol. The van der Waals surface area contributed by atoms with Crippen LogP contribution >= 0.6 is 11.6 Å². The summed E-state index contributed by atoms with van der Waals surface area (Å²) in [5.41, 5.74) is 0.342. The summed E-state index contributed by atoms with van der Waals surface area (Å²) in [5, 5.41) is 5.16. The predicted molar refractivity (Wildman–Crippen MR) is 120 cm³/mol. The number of esters is 1. The Kier molecular flexibility index (Phi) is 6.00. The molecule has 160 valence electrons. The minimum absolute atomic E-state index is 0.0652. The number of aromatic nitrogens is 2. The first-order valence-corrected chi connectivity index (χ1v) is 9.98. The van der Waals surface area contributed by atoms with Crippen LogP contribution in [0, 0.1) is 0 Å². The number of benzene rings is 3. The molecule has 0 fully saturated rings. The topological polar surface area (TPSA) is 87.5 Å². The first-order valence-electron chi connectivity index (χ1n) is 9.61. The number of rotatable bonds is 6. The molecule has 7 nitrogen and oxygen atoms in total. The third kappa shape index (κ3) is 4.10. The van der Waals surface area contributed by atoms with Gasteiger partial charge in [-0.3, -0.25) is 9.59 Å². The number of methoxy groups -OCH3 is 1. The molecule has 0 aliphatic carbocycles. The Morgan fingerprint density at radius 3 is 2.34 bits per heavy atom. The highest BCUT2D eigenvalue weighted by molar-refractivity contribution is 6.32. The highest BCUT2D eigenvalue weighted by Gasteiger charge is 2.20. The molecule has 3 aromatic carbocycles. The van der Waals surface area contributed by atoms with Crippen molar-refractivity contribution in [1.82, 2.24) is 9.78 Å². The van der Waals surface area contributed by atoms with Crippen LogP contribution in [0.1, 0.15) is 20.8 Å². The average molecular weight is 449 g/mol. The molecule has 0 saturated carbocycles. The normalized spacial score (nSPS) is 10.7. The van der Waals surface area contributed by atoms with Crippen LogP contribution in [-0.4, -0.2) is 35.2 Å². The van der Waals surface area contributed by atoms with Crippen molar-refractivity contribution in [2.75, 3.05) is 13.7 Å². The summed E-state index contributed by atoms with van der Waals surface area (Å²) in [7, 11) is 1.47. The quantitative estimate of drug-likeness (QED) is 0.326. The van der Waals surface area contributed by atoms with Crippen molar-refractivity contribution in [3.8, 4) is 11.4 Å². The maximum atomic E-state index is 12.9. The van der Waals surface area contributed by atoms with E-state index in [2.05, 4.69) is 5.10 Å². The van der Waals surface area contributed by atoms with E-state index in [1.54, 1.807) is 54.6 Å². The Balaban J connectivity index is 1.65.